The number of rotatable bonds is 4. The van der Waals surface area contributed by atoms with E-state index in [0.717, 1.165) is 0 Å². The first-order valence-electron chi connectivity index (χ1n) is 6.20. The smallest absolute Gasteiger partial charge is 0.341 e. The molecule has 0 heterocycles. The standard InChI is InChI=1S/C14H18O3/c15-14(16)10-17-13-8-6-12(7-9-13)11-4-2-1-3-5-11/h6-9,11H,1-5,10H2,(H,15,16). The van der Waals surface area contributed by atoms with Crippen LogP contribution in [0.3, 0.4) is 0 Å². The van der Waals surface area contributed by atoms with Crippen molar-refractivity contribution in [1.29, 1.82) is 0 Å². The lowest BCUT2D eigenvalue weighted by atomic mass is 9.84. The van der Waals surface area contributed by atoms with Crippen LogP contribution in [-0.2, 0) is 4.79 Å². The number of benzene rings is 1. The normalized spacial score (nSPS) is 16.7. The third-order valence-electron chi connectivity index (χ3n) is 3.32. The first-order valence-corrected chi connectivity index (χ1v) is 6.20. The van der Waals surface area contributed by atoms with Gasteiger partial charge in [-0.1, -0.05) is 31.4 Å². The highest BCUT2D eigenvalue weighted by atomic mass is 16.5. The Labute approximate surface area is 101 Å². The molecule has 0 bridgehead atoms. The van der Waals surface area contributed by atoms with Gasteiger partial charge in [-0.25, -0.2) is 4.79 Å². The van der Waals surface area contributed by atoms with Crippen LogP contribution in [0.15, 0.2) is 24.3 Å². The second kappa shape index (κ2) is 5.71. The summed E-state index contributed by atoms with van der Waals surface area (Å²) in [6.45, 7) is -0.275. The van der Waals surface area contributed by atoms with Gasteiger partial charge in [0.2, 0.25) is 0 Å². The van der Waals surface area contributed by atoms with E-state index >= 15 is 0 Å². The lowest BCUT2D eigenvalue weighted by Gasteiger charge is -2.22. The van der Waals surface area contributed by atoms with Gasteiger partial charge in [-0.3, -0.25) is 0 Å². The predicted molar refractivity (Wildman–Crippen MR) is 65.4 cm³/mol. The molecule has 0 aliphatic heterocycles. The molecular weight excluding hydrogens is 216 g/mol. The van der Waals surface area contributed by atoms with Crippen molar-refractivity contribution in [2.45, 2.75) is 38.0 Å². The van der Waals surface area contributed by atoms with Gasteiger partial charge in [0.25, 0.3) is 0 Å². The maximum atomic E-state index is 10.4. The maximum absolute atomic E-state index is 10.4. The molecule has 0 atom stereocenters. The summed E-state index contributed by atoms with van der Waals surface area (Å²) in [5, 5.41) is 8.51. The third-order valence-corrected chi connectivity index (χ3v) is 3.32. The summed E-state index contributed by atoms with van der Waals surface area (Å²) in [5.74, 6) is 0.366. The third kappa shape index (κ3) is 3.48. The van der Waals surface area contributed by atoms with E-state index in [0.29, 0.717) is 11.7 Å². The first-order chi connectivity index (χ1) is 8.25. The lowest BCUT2D eigenvalue weighted by Crippen LogP contribution is -2.09. The summed E-state index contributed by atoms with van der Waals surface area (Å²) in [6, 6.07) is 7.86. The van der Waals surface area contributed by atoms with Crippen molar-refractivity contribution < 1.29 is 14.6 Å². The van der Waals surface area contributed by atoms with E-state index in [1.165, 1.54) is 37.7 Å². The van der Waals surface area contributed by atoms with Gasteiger partial charge in [0.05, 0.1) is 0 Å². The van der Waals surface area contributed by atoms with Crippen LogP contribution in [0.4, 0.5) is 0 Å². The number of carboxylic acids is 1. The van der Waals surface area contributed by atoms with Crippen LogP contribution in [0.25, 0.3) is 0 Å². The van der Waals surface area contributed by atoms with Crippen molar-refractivity contribution in [2.75, 3.05) is 6.61 Å². The van der Waals surface area contributed by atoms with Crippen LogP contribution in [0.2, 0.25) is 0 Å². The highest BCUT2D eigenvalue weighted by Gasteiger charge is 2.15. The van der Waals surface area contributed by atoms with Gasteiger partial charge in [-0.2, -0.15) is 0 Å². The van der Waals surface area contributed by atoms with Crippen molar-refractivity contribution in [3.8, 4) is 5.75 Å². The summed E-state index contributed by atoms with van der Waals surface area (Å²) in [6.07, 6.45) is 6.55. The van der Waals surface area contributed by atoms with Crippen molar-refractivity contribution in [2.24, 2.45) is 0 Å². The minimum absolute atomic E-state index is 0.275. The Morgan fingerprint density at radius 2 is 1.82 bits per heavy atom. The summed E-state index contributed by atoms with van der Waals surface area (Å²) >= 11 is 0. The molecule has 1 fully saturated rings. The lowest BCUT2D eigenvalue weighted by molar-refractivity contribution is -0.139. The van der Waals surface area contributed by atoms with Crippen LogP contribution in [0, 0.1) is 0 Å². The molecule has 1 aromatic carbocycles. The molecule has 3 heteroatoms. The number of ether oxygens (including phenoxy) is 1. The zero-order valence-electron chi connectivity index (χ0n) is 9.89. The molecule has 1 aromatic rings. The fraction of sp³-hybridized carbons (Fsp3) is 0.500. The highest BCUT2D eigenvalue weighted by Crippen LogP contribution is 2.33. The number of carboxylic acid groups (broad SMARTS) is 1. The summed E-state index contributed by atoms with van der Waals surface area (Å²) < 4.78 is 5.11. The van der Waals surface area contributed by atoms with E-state index in [2.05, 4.69) is 12.1 Å². The summed E-state index contributed by atoms with van der Waals surface area (Å²) in [4.78, 5) is 10.4. The Morgan fingerprint density at radius 1 is 1.18 bits per heavy atom. The molecule has 1 N–H and O–H groups in total. The van der Waals surface area contributed by atoms with Crippen molar-refractivity contribution >= 4 is 5.97 Å². The fourth-order valence-electron chi connectivity index (χ4n) is 2.42. The Hall–Kier alpha value is -1.51. The van der Waals surface area contributed by atoms with Gasteiger partial charge >= 0.3 is 5.97 Å². The van der Waals surface area contributed by atoms with Crippen molar-refractivity contribution in [3.05, 3.63) is 29.8 Å². The monoisotopic (exact) mass is 234 g/mol. The van der Waals surface area contributed by atoms with Crippen LogP contribution < -0.4 is 4.74 Å². The SMILES string of the molecule is O=C(O)COc1ccc(C2CCCCC2)cc1. The van der Waals surface area contributed by atoms with Crippen molar-refractivity contribution in [3.63, 3.8) is 0 Å². The Morgan fingerprint density at radius 3 is 2.41 bits per heavy atom. The topological polar surface area (TPSA) is 46.5 Å². The first kappa shape index (κ1) is 12.0. The van der Waals surface area contributed by atoms with E-state index < -0.39 is 5.97 Å². The van der Waals surface area contributed by atoms with Gasteiger partial charge in [-0.15, -0.1) is 0 Å². The fourth-order valence-corrected chi connectivity index (χ4v) is 2.42. The Kier molecular flexibility index (Phi) is 4.02. The number of hydrogen-bond donors (Lipinski definition) is 1. The molecule has 0 spiro atoms. The van der Waals surface area contributed by atoms with E-state index in [4.69, 9.17) is 9.84 Å². The van der Waals surface area contributed by atoms with Gasteiger partial charge in [-0.05, 0) is 36.5 Å². The molecule has 0 aromatic heterocycles. The largest absolute Gasteiger partial charge is 0.482 e. The summed E-state index contributed by atoms with van der Waals surface area (Å²) in [5.41, 5.74) is 1.35. The highest BCUT2D eigenvalue weighted by molar-refractivity contribution is 5.68. The summed E-state index contributed by atoms with van der Waals surface area (Å²) in [7, 11) is 0. The Balaban J connectivity index is 1.94. The molecule has 0 saturated heterocycles. The number of hydrogen-bond acceptors (Lipinski definition) is 2. The van der Waals surface area contributed by atoms with E-state index in [1.54, 1.807) is 0 Å². The van der Waals surface area contributed by atoms with Gasteiger partial charge in [0.15, 0.2) is 6.61 Å². The molecule has 1 saturated carbocycles. The minimum atomic E-state index is -0.943. The average Bonchev–Trinajstić information content (AvgIpc) is 2.38. The second-order valence-electron chi connectivity index (χ2n) is 4.59. The molecular formula is C14H18O3. The predicted octanol–water partition coefficient (Wildman–Crippen LogP) is 3.20. The van der Waals surface area contributed by atoms with E-state index in [9.17, 15) is 4.79 Å². The average molecular weight is 234 g/mol. The number of carbonyl (C=O) groups is 1. The number of aliphatic carboxylic acids is 1. The molecule has 0 unspecified atom stereocenters. The molecule has 92 valence electrons. The van der Waals surface area contributed by atoms with Crippen LogP contribution in [0.1, 0.15) is 43.6 Å². The van der Waals surface area contributed by atoms with Gasteiger partial charge in [0, 0.05) is 0 Å². The minimum Gasteiger partial charge on any atom is -0.482 e. The molecule has 2 rings (SSSR count). The van der Waals surface area contributed by atoms with Crippen LogP contribution in [-0.4, -0.2) is 17.7 Å². The molecule has 1 aliphatic rings. The zero-order chi connectivity index (χ0) is 12.1. The van der Waals surface area contributed by atoms with Crippen molar-refractivity contribution in [1.82, 2.24) is 0 Å². The molecule has 17 heavy (non-hydrogen) atoms. The maximum Gasteiger partial charge on any atom is 0.341 e. The van der Waals surface area contributed by atoms with Crippen LogP contribution >= 0.6 is 0 Å². The zero-order valence-corrected chi connectivity index (χ0v) is 9.89. The molecule has 1 aliphatic carbocycles. The molecule has 0 amide bonds. The molecule has 0 radical (unpaired) electrons. The quantitative estimate of drug-likeness (QED) is 0.870. The van der Waals surface area contributed by atoms with Gasteiger partial charge in [0.1, 0.15) is 5.75 Å². The second-order valence-corrected chi connectivity index (χ2v) is 4.59. The van der Waals surface area contributed by atoms with Gasteiger partial charge < -0.3 is 9.84 Å². The van der Waals surface area contributed by atoms with Crippen LogP contribution in [0.5, 0.6) is 5.75 Å². The molecule has 3 nitrogen and oxygen atoms in total. The van der Waals surface area contributed by atoms with E-state index in [1.807, 2.05) is 12.1 Å². The van der Waals surface area contributed by atoms with E-state index in [-0.39, 0.29) is 6.61 Å². The Bertz CT molecular complexity index is 364.